The summed E-state index contributed by atoms with van der Waals surface area (Å²) < 4.78 is 0. The number of nitrogens with zero attached hydrogens (tertiary/aromatic N) is 3. The summed E-state index contributed by atoms with van der Waals surface area (Å²) in [5.41, 5.74) is 1.97. The molecule has 0 aromatic carbocycles. The van der Waals surface area contributed by atoms with Crippen molar-refractivity contribution in [3.05, 3.63) is 46.6 Å². The van der Waals surface area contributed by atoms with Gasteiger partial charge in [-0.1, -0.05) is 17.7 Å². The number of halogens is 1. The van der Waals surface area contributed by atoms with Crippen molar-refractivity contribution in [2.45, 2.75) is 20.4 Å². The highest BCUT2D eigenvalue weighted by Gasteiger charge is 2.00. The molecule has 2 aromatic rings. The largest absolute Gasteiger partial charge is 0.364 e. The zero-order valence-electron chi connectivity index (χ0n) is 9.74. The van der Waals surface area contributed by atoms with Gasteiger partial charge in [-0.2, -0.15) is 0 Å². The minimum Gasteiger partial charge on any atom is -0.364 e. The molecule has 0 saturated carbocycles. The Morgan fingerprint density at radius 1 is 1.18 bits per heavy atom. The molecule has 0 amide bonds. The van der Waals surface area contributed by atoms with Gasteiger partial charge in [0.2, 0.25) is 0 Å². The number of aromatic nitrogens is 3. The third kappa shape index (κ3) is 3.39. The Hall–Kier alpha value is -1.68. The van der Waals surface area contributed by atoms with Crippen LogP contribution in [0.3, 0.4) is 0 Å². The second-order valence-corrected chi connectivity index (χ2v) is 4.13. The van der Waals surface area contributed by atoms with Crippen LogP contribution in [0.1, 0.15) is 17.2 Å². The van der Waals surface area contributed by atoms with Crippen molar-refractivity contribution in [3.8, 4) is 0 Å². The van der Waals surface area contributed by atoms with Gasteiger partial charge in [-0.05, 0) is 26.0 Å². The number of pyridine rings is 1. The second kappa shape index (κ2) is 5.10. The summed E-state index contributed by atoms with van der Waals surface area (Å²) in [6.45, 7) is 4.39. The van der Waals surface area contributed by atoms with Gasteiger partial charge < -0.3 is 5.32 Å². The van der Waals surface area contributed by atoms with Crippen LogP contribution in [-0.2, 0) is 6.54 Å². The first-order valence-corrected chi connectivity index (χ1v) is 5.69. The average Bonchev–Trinajstić information content (AvgIpc) is 2.25. The number of nitrogens with one attached hydrogen (secondary N) is 1. The summed E-state index contributed by atoms with van der Waals surface area (Å²) >= 11 is 5.85. The van der Waals surface area contributed by atoms with Crippen LogP contribution < -0.4 is 5.32 Å². The maximum atomic E-state index is 5.85. The van der Waals surface area contributed by atoms with Crippen LogP contribution >= 0.6 is 11.6 Å². The van der Waals surface area contributed by atoms with Gasteiger partial charge in [0, 0.05) is 11.8 Å². The third-order valence-electron chi connectivity index (χ3n) is 2.20. The van der Waals surface area contributed by atoms with Crippen LogP contribution in [0.4, 0.5) is 5.82 Å². The molecule has 2 rings (SSSR count). The number of aryl methyl sites for hydroxylation is 2. The van der Waals surface area contributed by atoms with E-state index in [1.54, 1.807) is 6.07 Å². The summed E-state index contributed by atoms with van der Waals surface area (Å²) in [5.74, 6) is 1.36. The summed E-state index contributed by atoms with van der Waals surface area (Å²) in [5, 5.41) is 3.61. The molecule has 4 nitrogen and oxygen atoms in total. The lowest BCUT2D eigenvalue weighted by Gasteiger charge is -2.06. The van der Waals surface area contributed by atoms with Crippen LogP contribution in [-0.4, -0.2) is 15.0 Å². The molecule has 5 heteroatoms. The molecule has 2 heterocycles. The normalized spacial score (nSPS) is 10.3. The topological polar surface area (TPSA) is 50.7 Å². The highest BCUT2D eigenvalue weighted by Crippen LogP contribution is 2.11. The highest BCUT2D eigenvalue weighted by molar-refractivity contribution is 6.29. The van der Waals surface area contributed by atoms with E-state index in [4.69, 9.17) is 11.6 Å². The van der Waals surface area contributed by atoms with Crippen LogP contribution in [0.25, 0.3) is 0 Å². The van der Waals surface area contributed by atoms with E-state index >= 15 is 0 Å². The molecular formula is C12H13ClN4. The monoisotopic (exact) mass is 248 g/mol. The van der Waals surface area contributed by atoms with Gasteiger partial charge >= 0.3 is 0 Å². The number of hydrogen-bond donors (Lipinski definition) is 1. The van der Waals surface area contributed by atoms with Gasteiger partial charge in [-0.25, -0.2) is 9.97 Å². The van der Waals surface area contributed by atoms with E-state index in [0.29, 0.717) is 23.3 Å². The van der Waals surface area contributed by atoms with Crippen LogP contribution in [0.2, 0.25) is 5.15 Å². The maximum absolute atomic E-state index is 5.85. The van der Waals surface area contributed by atoms with Gasteiger partial charge in [0.25, 0.3) is 0 Å². The number of rotatable bonds is 3. The van der Waals surface area contributed by atoms with E-state index in [-0.39, 0.29) is 0 Å². The van der Waals surface area contributed by atoms with E-state index in [1.165, 1.54) is 0 Å². The fraction of sp³-hybridized carbons (Fsp3) is 0.250. The minimum atomic E-state index is 0.442. The predicted molar refractivity (Wildman–Crippen MR) is 68.1 cm³/mol. The molecule has 0 spiro atoms. The van der Waals surface area contributed by atoms with Gasteiger partial charge in [0.05, 0.1) is 12.2 Å². The first kappa shape index (κ1) is 11.8. The lowest BCUT2D eigenvalue weighted by molar-refractivity contribution is 0.981. The first-order chi connectivity index (χ1) is 8.13. The Morgan fingerprint density at radius 3 is 2.71 bits per heavy atom. The zero-order valence-corrected chi connectivity index (χ0v) is 10.5. The van der Waals surface area contributed by atoms with E-state index in [2.05, 4.69) is 20.3 Å². The molecule has 88 valence electrons. The lowest BCUT2D eigenvalue weighted by Crippen LogP contribution is -2.05. The molecule has 0 aliphatic carbocycles. The Morgan fingerprint density at radius 2 is 2.00 bits per heavy atom. The second-order valence-electron chi connectivity index (χ2n) is 3.75. The van der Waals surface area contributed by atoms with Crippen LogP contribution in [0, 0.1) is 13.8 Å². The Labute approximate surface area is 105 Å². The molecule has 0 aliphatic rings. The van der Waals surface area contributed by atoms with Crippen molar-refractivity contribution in [2.24, 2.45) is 0 Å². The molecular weight excluding hydrogens is 236 g/mol. The first-order valence-electron chi connectivity index (χ1n) is 5.31. The summed E-state index contributed by atoms with van der Waals surface area (Å²) in [7, 11) is 0. The smallest absolute Gasteiger partial charge is 0.134 e. The molecule has 1 N–H and O–H groups in total. The van der Waals surface area contributed by atoms with E-state index in [0.717, 1.165) is 11.4 Å². The SMILES string of the molecule is Cc1cccc(CNc2cc(Cl)nc(C)n2)n1. The molecule has 0 radical (unpaired) electrons. The third-order valence-corrected chi connectivity index (χ3v) is 2.40. The maximum Gasteiger partial charge on any atom is 0.134 e. The lowest BCUT2D eigenvalue weighted by atomic mass is 10.3. The summed E-state index contributed by atoms with van der Waals surface area (Å²) in [6.07, 6.45) is 0. The number of anilines is 1. The fourth-order valence-electron chi connectivity index (χ4n) is 1.50. The molecule has 17 heavy (non-hydrogen) atoms. The molecule has 0 fully saturated rings. The standard InChI is InChI=1S/C12H13ClN4/c1-8-4-3-5-10(15-8)7-14-12-6-11(13)16-9(2)17-12/h3-6H,7H2,1-2H3,(H,14,16,17). The van der Waals surface area contributed by atoms with Crippen molar-refractivity contribution in [1.29, 1.82) is 0 Å². The van der Waals surface area contributed by atoms with E-state index in [9.17, 15) is 0 Å². The fourth-order valence-corrected chi connectivity index (χ4v) is 1.73. The average molecular weight is 249 g/mol. The van der Waals surface area contributed by atoms with Gasteiger partial charge in [-0.15, -0.1) is 0 Å². The van der Waals surface area contributed by atoms with Gasteiger partial charge in [0.1, 0.15) is 16.8 Å². The molecule has 0 unspecified atom stereocenters. The van der Waals surface area contributed by atoms with Crippen molar-refractivity contribution in [2.75, 3.05) is 5.32 Å². The van der Waals surface area contributed by atoms with Crippen LogP contribution in [0.5, 0.6) is 0 Å². The molecule has 0 bridgehead atoms. The molecule has 0 saturated heterocycles. The number of hydrogen-bond acceptors (Lipinski definition) is 4. The van der Waals surface area contributed by atoms with Gasteiger partial charge in [0.15, 0.2) is 0 Å². The molecule has 2 aromatic heterocycles. The molecule has 0 atom stereocenters. The molecule has 0 aliphatic heterocycles. The Kier molecular flexibility index (Phi) is 3.54. The summed E-state index contributed by atoms with van der Waals surface area (Å²) in [4.78, 5) is 12.6. The Balaban J connectivity index is 2.07. The summed E-state index contributed by atoms with van der Waals surface area (Å²) in [6, 6.07) is 7.62. The van der Waals surface area contributed by atoms with E-state index in [1.807, 2.05) is 32.0 Å². The van der Waals surface area contributed by atoms with Crippen molar-refractivity contribution in [3.63, 3.8) is 0 Å². The van der Waals surface area contributed by atoms with Crippen molar-refractivity contribution >= 4 is 17.4 Å². The highest BCUT2D eigenvalue weighted by atomic mass is 35.5. The predicted octanol–water partition coefficient (Wildman–Crippen LogP) is 2.75. The van der Waals surface area contributed by atoms with Gasteiger partial charge in [-0.3, -0.25) is 4.98 Å². The van der Waals surface area contributed by atoms with E-state index < -0.39 is 0 Å². The van der Waals surface area contributed by atoms with Crippen molar-refractivity contribution in [1.82, 2.24) is 15.0 Å². The zero-order chi connectivity index (χ0) is 12.3. The Bertz CT molecular complexity index is 507. The van der Waals surface area contributed by atoms with Crippen LogP contribution in [0.15, 0.2) is 24.3 Å². The minimum absolute atomic E-state index is 0.442. The van der Waals surface area contributed by atoms with Crippen molar-refractivity contribution < 1.29 is 0 Å². The quantitative estimate of drug-likeness (QED) is 0.849.